The number of hydrazine groups is 1. The molecule has 0 fully saturated rings. The minimum atomic E-state index is -4.09. The van der Waals surface area contributed by atoms with Crippen molar-refractivity contribution in [2.75, 3.05) is 6.61 Å². The number of hydrogen-bond donors (Lipinski definition) is 3. The van der Waals surface area contributed by atoms with Gasteiger partial charge in [0.15, 0.2) is 0 Å². The molecule has 10 heteroatoms. The molecule has 0 saturated carbocycles. The van der Waals surface area contributed by atoms with Gasteiger partial charge < -0.3 is 9.84 Å². The standard InChI is InChI=1S/C18H19FN2O6S/c1-12-11-13(8-9-16(12)27-10-4-7-17(22)23)28(25,26)21-20-18(24)14-5-2-3-6-15(14)19/h2-3,5-6,8-9,11,21H,4,7,10H2,1H3,(H,20,24)(H,22,23). The average molecular weight is 410 g/mol. The largest absolute Gasteiger partial charge is 0.493 e. The van der Waals surface area contributed by atoms with Gasteiger partial charge in [0, 0.05) is 6.42 Å². The lowest BCUT2D eigenvalue weighted by Crippen LogP contribution is -2.41. The van der Waals surface area contributed by atoms with Crippen molar-refractivity contribution in [1.29, 1.82) is 0 Å². The van der Waals surface area contributed by atoms with Gasteiger partial charge in [-0.05, 0) is 49.2 Å². The van der Waals surface area contributed by atoms with E-state index in [-0.39, 0.29) is 23.5 Å². The lowest BCUT2D eigenvalue weighted by atomic mass is 10.2. The van der Waals surface area contributed by atoms with Crippen molar-refractivity contribution < 1.29 is 32.2 Å². The summed E-state index contributed by atoms with van der Waals surface area (Å²) in [4.78, 5) is 24.2. The molecular formula is C18H19FN2O6S. The SMILES string of the molecule is Cc1cc(S(=O)(=O)NNC(=O)c2ccccc2F)ccc1OCCCC(=O)O. The lowest BCUT2D eigenvalue weighted by Gasteiger charge is -2.12. The number of aliphatic carboxylic acids is 1. The molecule has 0 aliphatic carbocycles. The van der Waals surface area contributed by atoms with Crippen molar-refractivity contribution in [1.82, 2.24) is 10.3 Å². The van der Waals surface area contributed by atoms with E-state index < -0.39 is 27.7 Å². The first kappa shape index (κ1) is 21.3. The zero-order valence-electron chi connectivity index (χ0n) is 14.9. The van der Waals surface area contributed by atoms with Gasteiger partial charge in [-0.3, -0.25) is 15.0 Å². The Balaban J connectivity index is 2.01. The number of hydrogen-bond acceptors (Lipinski definition) is 5. The molecule has 0 spiro atoms. The van der Waals surface area contributed by atoms with Gasteiger partial charge in [0.05, 0.1) is 17.1 Å². The topological polar surface area (TPSA) is 122 Å². The van der Waals surface area contributed by atoms with Crippen LogP contribution in [0.25, 0.3) is 0 Å². The van der Waals surface area contributed by atoms with E-state index in [1.807, 2.05) is 10.3 Å². The van der Waals surface area contributed by atoms with Gasteiger partial charge in [-0.2, -0.15) is 0 Å². The van der Waals surface area contributed by atoms with Gasteiger partial charge in [-0.25, -0.2) is 12.8 Å². The Morgan fingerprint density at radius 1 is 1.18 bits per heavy atom. The maximum absolute atomic E-state index is 13.6. The maximum Gasteiger partial charge on any atom is 0.303 e. The summed E-state index contributed by atoms with van der Waals surface area (Å²) in [5.74, 6) is -2.22. The number of aryl methyl sites for hydroxylation is 1. The van der Waals surface area contributed by atoms with Gasteiger partial charge in [0.25, 0.3) is 15.9 Å². The predicted molar refractivity (Wildman–Crippen MR) is 97.7 cm³/mol. The first-order chi connectivity index (χ1) is 13.2. The molecule has 28 heavy (non-hydrogen) atoms. The van der Waals surface area contributed by atoms with Crippen molar-refractivity contribution in [3.8, 4) is 5.75 Å². The Hall–Kier alpha value is -2.98. The summed E-state index contributed by atoms with van der Waals surface area (Å²) in [5.41, 5.74) is 2.17. The summed E-state index contributed by atoms with van der Waals surface area (Å²) in [5, 5.41) is 8.59. The molecule has 2 rings (SSSR count). The van der Waals surface area contributed by atoms with Gasteiger partial charge in [-0.15, -0.1) is 4.83 Å². The van der Waals surface area contributed by atoms with Crippen LogP contribution in [0.5, 0.6) is 5.75 Å². The summed E-state index contributed by atoms with van der Waals surface area (Å²) < 4.78 is 43.7. The summed E-state index contributed by atoms with van der Waals surface area (Å²) in [6.45, 7) is 1.81. The fourth-order valence-corrected chi connectivity index (χ4v) is 3.17. The third-order valence-electron chi connectivity index (χ3n) is 3.67. The minimum Gasteiger partial charge on any atom is -0.493 e. The van der Waals surface area contributed by atoms with Gasteiger partial charge in [-0.1, -0.05) is 12.1 Å². The fraction of sp³-hybridized carbons (Fsp3) is 0.222. The molecule has 0 heterocycles. The van der Waals surface area contributed by atoms with E-state index in [0.29, 0.717) is 17.7 Å². The normalized spacial score (nSPS) is 11.1. The van der Waals surface area contributed by atoms with Crippen LogP contribution >= 0.6 is 0 Å². The van der Waals surface area contributed by atoms with E-state index in [1.165, 1.54) is 36.4 Å². The molecule has 0 radical (unpaired) electrons. The van der Waals surface area contributed by atoms with E-state index in [9.17, 15) is 22.4 Å². The molecule has 1 amide bonds. The number of amides is 1. The summed E-state index contributed by atoms with van der Waals surface area (Å²) >= 11 is 0. The highest BCUT2D eigenvalue weighted by atomic mass is 32.2. The molecule has 0 aliphatic rings. The molecule has 3 N–H and O–H groups in total. The van der Waals surface area contributed by atoms with Crippen LogP contribution < -0.4 is 15.0 Å². The van der Waals surface area contributed by atoms with Crippen molar-refractivity contribution >= 4 is 21.9 Å². The second-order valence-corrected chi connectivity index (χ2v) is 7.49. The van der Waals surface area contributed by atoms with E-state index >= 15 is 0 Å². The number of carboxylic acid groups (broad SMARTS) is 1. The summed E-state index contributed by atoms with van der Waals surface area (Å²) in [6.07, 6.45) is 0.287. The summed E-state index contributed by atoms with van der Waals surface area (Å²) in [6, 6.07) is 9.21. The number of nitrogens with one attached hydrogen (secondary N) is 2. The highest BCUT2D eigenvalue weighted by molar-refractivity contribution is 7.89. The second-order valence-electron chi connectivity index (χ2n) is 5.81. The quantitative estimate of drug-likeness (QED) is 0.429. The molecule has 0 saturated heterocycles. The molecular weight excluding hydrogens is 391 g/mol. The van der Waals surface area contributed by atoms with Crippen molar-refractivity contribution in [2.24, 2.45) is 0 Å². The number of rotatable bonds is 9. The molecule has 2 aromatic carbocycles. The molecule has 0 aromatic heterocycles. The Bertz CT molecular complexity index is 978. The average Bonchev–Trinajstić information content (AvgIpc) is 2.64. The van der Waals surface area contributed by atoms with Crippen LogP contribution in [0.3, 0.4) is 0 Å². The van der Waals surface area contributed by atoms with Crippen LogP contribution in [-0.2, 0) is 14.8 Å². The number of benzene rings is 2. The van der Waals surface area contributed by atoms with E-state index in [4.69, 9.17) is 9.84 Å². The number of carbonyl (C=O) groups excluding carboxylic acids is 1. The Kier molecular flexibility index (Phi) is 7.07. The Morgan fingerprint density at radius 3 is 2.54 bits per heavy atom. The highest BCUT2D eigenvalue weighted by Crippen LogP contribution is 2.22. The number of ether oxygens (including phenoxy) is 1. The van der Waals surface area contributed by atoms with Crippen LogP contribution in [-0.4, -0.2) is 32.0 Å². The maximum atomic E-state index is 13.6. The first-order valence-corrected chi connectivity index (χ1v) is 9.71. The molecule has 0 atom stereocenters. The predicted octanol–water partition coefficient (Wildman–Crippen LogP) is 2.00. The Morgan fingerprint density at radius 2 is 1.89 bits per heavy atom. The number of carbonyl (C=O) groups is 2. The molecule has 150 valence electrons. The van der Waals surface area contributed by atoms with Crippen molar-refractivity contribution in [3.63, 3.8) is 0 Å². The van der Waals surface area contributed by atoms with Crippen LogP contribution in [0.1, 0.15) is 28.8 Å². The number of halogens is 1. The minimum absolute atomic E-state index is 0.0306. The van der Waals surface area contributed by atoms with Gasteiger partial charge >= 0.3 is 5.97 Å². The summed E-state index contributed by atoms with van der Waals surface area (Å²) in [7, 11) is -4.09. The van der Waals surface area contributed by atoms with Crippen LogP contribution in [0.4, 0.5) is 4.39 Å². The van der Waals surface area contributed by atoms with Crippen molar-refractivity contribution in [3.05, 3.63) is 59.4 Å². The molecule has 0 aliphatic heterocycles. The van der Waals surface area contributed by atoms with Crippen LogP contribution in [0, 0.1) is 12.7 Å². The molecule has 2 aromatic rings. The lowest BCUT2D eigenvalue weighted by molar-refractivity contribution is -0.137. The number of carboxylic acids is 1. The smallest absolute Gasteiger partial charge is 0.303 e. The third kappa shape index (κ3) is 5.76. The van der Waals surface area contributed by atoms with Gasteiger partial charge in [0.1, 0.15) is 11.6 Å². The van der Waals surface area contributed by atoms with Crippen molar-refractivity contribution in [2.45, 2.75) is 24.7 Å². The molecule has 8 nitrogen and oxygen atoms in total. The van der Waals surface area contributed by atoms with E-state index in [1.54, 1.807) is 6.92 Å². The highest BCUT2D eigenvalue weighted by Gasteiger charge is 2.18. The first-order valence-electron chi connectivity index (χ1n) is 8.22. The Labute approximate surface area is 161 Å². The monoisotopic (exact) mass is 410 g/mol. The fourth-order valence-electron chi connectivity index (χ4n) is 2.24. The van der Waals surface area contributed by atoms with Crippen LogP contribution in [0.15, 0.2) is 47.4 Å². The zero-order valence-corrected chi connectivity index (χ0v) is 15.8. The second kappa shape index (κ2) is 9.29. The van der Waals surface area contributed by atoms with Gasteiger partial charge in [0.2, 0.25) is 0 Å². The van der Waals surface area contributed by atoms with Crippen LogP contribution in [0.2, 0.25) is 0 Å². The molecule has 0 unspecified atom stereocenters. The van der Waals surface area contributed by atoms with E-state index in [0.717, 1.165) is 6.07 Å². The van der Waals surface area contributed by atoms with E-state index in [2.05, 4.69) is 0 Å². The molecule has 0 bridgehead atoms. The number of sulfonamides is 1. The zero-order chi connectivity index (χ0) is 20.7. The third-order valence-corrected chi connectivity index (χ3v) is 4.91.